The van der Waals surface area contributed by atoms with Crippen molar-refractivity contribution in [1.82, 2.24) is 9.21 Å². The van der Waals surface area contributed by atoms with Crippen molar-refractivity contribution in [3.63, 3.8) is 0 Å². The van der Waals surface area contributed by atoms with E-state index in [2.05, 4.69) is 4.90 Å². The molecule has 1 heterocycles. The lowest BCUT2D eigenvalue weighted by atomic mass is 10.0. The van der Waals surface area contributed by atoms with Crippen LogP contribution >= 0.6 is 11.6 Å². The third-order valence-electron chi connectivity index (χ3n) is 6.12. The Labute approximate surface area is 215 Å². The maximum atomic E-state index is 13.9. The van der Waals surface area contributed by atoms with Crippen LogP contribution in [-0.2, 0) is 14.8 Å². The van der Waals surface area contributed by atoms with E-state index < -0.39 is 27.8 Å². The van der Waals surface area contributed by atoms with Gasteiger partial charge in [0.2, 0.25) is 10.0 Å². The molecule has 36 heavy (non-hydrogen) atoms. The monoisotopic (exact) mass is 536 g/mol. The maximum Gasteiger partial charge on any atom is 0.246 e. The zero-order chi connectivity index (χ0) is 25.7. The SMILES string of the molecule is COc1ccc(Cl)cc1S(=O)(=O)N1CCN(CCO[C@@H](c2ccccc2)c2ccc(F)c(F)c2)CC1. The van der Waals surface area contributed by atoms with Crippen LogP contribution in [0.15, 0.2) is 71.6 Å². The minimum Gasteiger partial charge on any atom is -0.495 e. The summed E-state index contributed by atoms with van der Waals surface area (Å²) in [5.41, 5.74) is 1.35. The van der Waals surface area contributed by atoms with Crippen LogP contribution in [0.2, 0.25) is 5.02 Å². The minimum atomic E-state index is -3.76. The van der Waals surface area contributed by atoms with E-state index in [0.29, 0.717) is 49.9 Å². The Balaban J connectivity index is 1.37. The van der Waals surface area contributed by atoms with E-state index in [4.69, 9.17) is 21.1 Å². The van der Waals surface area contributed by atoms with Gasteiger partial charge in [0.15, 0.2) is 11.6 Å². The van der Waals surface area contributed by atoms with Gasteiger partial charge in [0, 0.05) is 37.7 Å². The van der Waals surface area contributed by atoms with Gasteiger partial charge in [-0.3, -0.25) is 4.90 Å². The van der Waals surface area contributed by atoms with Crippen molar-refractivity contribution in [2.24, 2.45) is 0 Å². The summed E-state index contributed by atoms with van der Waals surface area (Å²) in [6.45, 7) is 2.54. The van der Waals surface area contributed by atoms with Gasteiger partial charge in [0.25, 0.3) is 0 Å². The van der Waals surface area contributed by atoms with E-state index in [1.165, 1.54) is 23.5 Å². The summed E-state index contributed by atoms with van der Waals surface area (Å²) in [6, 6.07) is 17.6. The molecule has 0 bridgehead atoms. The number of sulfonamides is 1. The molecule has 1 saturated heterocycles. The number of methoxy groups -OCH3 is 1. The van der Waals surface area contributed by atoms with Gasteiger partial charge in [-0.2, -0.15) is 4.31 Å². The Kier molecular flexibility index (Phi) is 8.58. The van der Waals surface area contributed by atoms with Gasteiger partial charge in [-0.15, -0.1) is 0 Å². The first-order valence-electron chi connectivity index (χ1n) is 11.5. The van der Waals surface area contributed by atoms with Crippen LogP contribution in [0.4, 0.5) is 8.78 Å². The van der Waals surface area contributed by atoms with Gasteiger partial charge in [0.05, 0.1) is 13.7 Å². The Morgan fingerprint density at radius 2 is 1.64 bits per heavy atom. The smallest absolute Gasteiger partial charge is 0.246 e. The highest BCUT2D eigenvalue weighted by Crippen LogP contribution is 2.30. The average Bonchev–Trinajstić information content (AvgIpc) is 2.89. The first-order chi connectivity index (χ1) is 17.3. The lowest BCUT2D eigenvalue weighted by Gasteiger charge is -2.34. The lowest BCUT2D eigenvalue weighted by molar-refractivity contribution is 0.0525. The van der Waals surface area contributed by atoms with Crippen LogP contribution in [0, 0.1) is 11.6 Å². The topological polar surface area (TPSA) is 59.1 Å². The highest BCUT2D eigenvalue weighted by atomic mass is 35.5. The highest BCUT2D eigenvalue weighted by molar-refractivity contribution is 7.89. The Morgan fingerprint density at radius 3 is 2.31 bits per heavy atom. The number of piperazine rings is 1. The van der Waals surface area contributed by atoms with Crippen molar-refractivity contribution < 1.29 is 26.7 Å². The number of halogens is 3. The van der Waals surface area contributed by atoms with Crippen LogP contribution in [0.25, 0.3) is 0 Å². The molecule has 0 saturated carbocycles. The molecule has 0 N–H and O–H groups in total. The molecule has 0 spiro atoms. The molecule has 0 aliphatic carbocycles. The second kappa shape index (κ2) is 11.7. The Bertz CT molecular complexity index is 1290. The van der Waals surface area contributed by atoms with Crippen molar-refractivity contribution in [2.75, 3.05) is 46.4 Å². The molecule has 192 valence electrons. The molecular formula is C26H27ClF2N2O4S. The molecule has 1 fully saturated rings. The zero-order valence-corrected chi connectivity index (χ0v) is 21.3. The van der Waals surface area contributed by atoms with E-state index >= 15 is 0 Å². The molecule has 3 aromatic rings. The van der Waals surface area contributed by atoms with E-state index in [1.54, 1.807) is 12.1 Å². The summed E-state index contributed by atoms with van der Waals surface area (Å²) in [7, 11) is -2.34. The molecule has 3 aromatic carbocycles. The fraction of sp³-hybridized carbons (Fsp3) is 0.308. The molecule has 1 aliphatic rings. The standard InChI is InChI=1S/C26H27ClF2N2O4S/c1-34-24-10-8-21(27)18-25(24)36(32,33)31-13-11-30(12-14-31)15-16-35-26(19-5-3-2-4-6-19)20-7-9-22(28)23(29)17-20/h2-10,17-18,26H,11-16H2,1H3/t26-/m0/s1. The van der Waals surface area contributed by atoms with Crippen LogP contribution in [0.1, 0.15) is 17.2 Å². The molecule has 4 rings (SSSR count). The summed E-state index contributed by atoms with van der Waals surface area (Å²) in [6.07, 6.45) is -0.557. The predicted octanol–water partition coefficient (Wildman–Crippen LogP) is 4.74. The number of hydrogen-bond acceptors (Lipinski definition) is 5. The first kappa shape index (κ1) is 26.5. The number of nitrogens with zero attached hydrogens (tertiary/aromatic N) is 2. The second-order valence-electron chi connectivity index (χ2n) is 8.38. The lowest BCUT2D eigenvalue weighted by Crippen LogP contribution is -2.49. The molecule has 1 aliphatic heterocycles. The third kappa shape index (κ3) is 6.04. The van der Waals surface area contributed by atoms with Gasteiger partial charge in [-0.25, -0.2) is 17.2 Å². The van der Waals surface area contributed by atoms with Crippen molar-refractivity contribution in [2.45, 2.75) is 11.0 Å². The first-order valence-corrected chi connectivity index (χ1v) is 13.3. The summed E-state index contributed by atoms with van der Waals surface area (Å²) in [5, 5.41) is 0.319. The average molecular weight is 537 g/mol. The van der Waals surface area contributed by atoms with Gasteiger partial charge in [-0.1, -0.05) is 48.0 Å². The zero-order valence-electron chi connectivity index (χ0n) is 19.7. The van der Waals surface area contributed by atoms with E-state index in [9.17, 15) is 17.2 Å². The van der Waals surface area contributed by atoms with Crippen molar-refractivity contribution in [3.05, 3.63) is 94.5 Å². The normalized spacial score (nSPS) is 16.1. The fourth-order valence-electron chi connectivity index (χ4n) is 4.17. The maximum absolute atomic E-state index is 13.9. The van der Waals surface area contributed by atoms with Crippen LogP contribution in [0.5, 0.6) is 5.75 Å². The predicted molar refractivity (Wildman–Crippen MR) is 134 cm³/mol. The molecule has 6 nitrogen and oxygen atoms in total. The quantitative estimate of drug-likeness (QED) is 0.395. The summed E-state index contributed by atoms with van der Waals surface area (Å²) >= 11 is 6.03. The van der Waals surface area contributed by atoms with Crippen molar-refractivity contribution in [3.8, 4) is 5.75 Å². The highest BCUT2D eigenvalue weighted by Gasteiger charge is 2.31. The summed E-state index contributed by atoms with van der Waals surface area (Å²) < 4.78 is 66.5. The van der Waals surface area contributed by atoms with E-state index in [0.717, 1.165) is 17.7 Å². The van der Waals surface area contributed by atoms with E-state index in [1.807, 2.05) is 30.3 Å². The molecule has 10 heteroatoms. The fourth-order valence-corrected chi connectivity index (χ4v) is 6.01. The number of hydrogen-bond donors (Lipinski definition) is 0. The Hall–Kier alpha value is -2.56. The van der Waals surface area contributed by atoms with E-state index in [-0.39, 0.29) is 10.6 Å². The summed E-state index contributed by atoms with van der Waals surface area (Å²) in [5.74, 6) is -1.58. The van der Waals surface area contributed by atoms with Gasteiger partial charge in [-0.05, 0) is 41.5 Å². The minimum absolute atomic E-state index is 0.0477. The van der Waals surface area contributed by atoms with Crippen molar-refractivity contribution >= 4 is 21.6 Å². The number of rotatable bonds is 9. The van der Waals surface area contributed by atoms with Crippen LogP contribution in [0.3, 0.4) is 0 Å². The second-order valence-corrected chi connectivity index (χ2v) is 10.7. The number of benzene rings is 3. The molecule has 0 radical (unpaired) electrons. The Morgan fingerprint density at radius 1 is 0.917 bits per heavy atom. The molecule has 0 unspecified atom stereocenters. The van der Waals surface area contributed by atoms with Crippen LogP contribution in [-0.4, -0.2) is 64.1 Å². The largest absolute Gasteiger partial charge is 0.495 e. The number of ether oxygens (including phenoxy) is 2. The third-order valence-corrected chi connectivity index (χ3v) is 8.27. The molecule has 0 amide bonds. The van der Waals surface area contributed by atoms with Crippen molar-refractivity contribution in [1.29, 1.82) is 0 Å². The molecular weight excluding hydrogens is 510 g/mol. The molecule has 1 atom stereocenters. The van der Waals surface area contributed by atoms with Gasteiger partial charge >= 0.3 is 0 Å². The van der Waals surface area contributed by atoms with Gasteiger partial charge in [0.1, 0.15) is 16.7 Å². The van der Waals surface area contributed by atoms with Gasteiger partial charge < -0.3 is 9.47 Å². The van der Waals surface area contributed by atoms with Crippen LogP contribution < -0.4 is 4.74 Å². The molecule has 0 aromatic heterocycles. The summed E-state index contributed by atoms with van der Waals surface area (Å²) in [4.78, 5) is 2.15.